The maximum atomic E-state index is 12.7. The number of amides is 1. The van der Waals surface area contributed by atoms with Gasteiger partial charge >= 0.3 is 5.63 Å². The van der Waals surface area contributed by atoms with Crippen LogP contribution in [0.5, 0.6) is 0 Å². The van der Waals surface area contributed by atoms with E-state index >= 15 is 0 Å². The summed E-state index contributed by atoms with van der Waals surface area (Å²) in [5.74, 6) is -0.365. The second-order valence-corrected chi connectivity index (χ2v) is 7.78. The average Bonchev–Trinajstić information content (AvgIpc) is 3.22. The van der Waals surface area contributed by atoms with Crippen molar-refractivity contribution in [3.05, 3.63) is 69.8 Å². The van der Waals surface area contributed by atoms with Crippen LogP contribution in [0, 0.1) is 13.8 Å². The summed E-state index contributed by atoms with van der Waals surface area (Å²) in [5, 5.41) is 20.0. The molecule has 0 bridgehead atoms. The second kappa shape index (κ2) is 8.98. The lowest BCUT2D eigenvalue weighted by Crippen LogP contribution is -2.37. The van der Waals surface area contributed by atoms with Gasteiger partial charge in [-0.25, -0.2) is 4.79 Å². The molecule has 0 spiro atoms. The fraction of sp³-hybridized carbons (Fsp3) is 0.280. The topological polar surface area (TPSA) is 104 Å². The number of furan rings is 1. The van der Waals surface area contributed by atoms with Gasteiger partial charge in [-0.3, -0.25) is 4.79 Å². The van der Waals surface area contributed by atoms with Crippen molar-refractivity contribution in [2.45, 2.75) is 20.3 Å². The van der Waals surface area contributed by atoms with Gasteiger partial charge in [0, 0.05) is 24.0 Å². The van der Waals surface area contributed by atoms with E-state index < -0.39 is 5.63 Å². The molecule has 1 amide bonds. The Hall–Kier alpha value is -3.42. The first-order valence-electron chi connectivity index (χ1n) is 10.5. The molecule has 0 unspecified atom stereocenters. The Morgan fingerprint density at radius 2 is 1.72 bits per heavy atom. The third-order valence-corrected chi connectivity index (χ3v) is 5.79. The quantitative estimate of drug-likeness (QED) is 0.432. The van der Waals surface area contributed by atoms with E-state index in [0.717, 1.165) is 22.1 Å². The van der Waals surface area contributed by atoms with Crippen molar-refractivity contribution in [1.82, 2.24) is 4.90 Å². The van der Waals surface area contributed by atoms with Gasteiger partial charge in [0.05, 0.1) is 36.8 Å². The van der Waals surface area contributed by atoms with Crippen molar-refractivity contribution in [3.8, 4) is 11.1 Å². The first-order valence-corrected chi connectivity index (χ1v) is 10.5. The van der Waals surface area contributed by atoms with Crippen LogP contribution in [0.25, 0.3) is 33.1 Å². The summed E-state index contributed by atoms with van der Waals surface area (Å²) in [6, 6.07) is 11.7. The summed E-state index contributed by atoms with van der Waals surface area (Å²) in [6.07, 6.45) is 1.51. The molecule has 0 saturated heterocycles. The van der Waals surface area contributed by atoms with Crippen molar-refractivity contribution < 1.29 is 23.8 Å². The molecule has 0 aliphatic carbocycles. The van der Waals surface area contributed by atoms with E-state index in [1.807, 2.05) is 43.3 Å². The number of benzene rings is 2. The average molecular weight is 435 g/mol. The molecule has 32 heavy (non-hydrogen) atoms. The van der Waals surface area contributed by atoms with Gasteiger partial charge in [0.15, 0.2) is 0 Å². The van der Waals surface area contributed by atoms with E-state index in [0.29, 0.717) is 22.1 Å². The Morgan fingerprint density at radius 3 is 2.38 bits per heavy atom. The van der Waals surface area contributed by atoms with Crippen molar-refractivity contribution in [2.24, 2.45) is 0 Å². The summed E-state index contributed by atoms with van der Waals surface area (Å²) in [6.45, 7) is 3.43. The highest BCUT2D eigenvalue weighted by Crippen LogP contribution is 2.38. The largest absolute Gasteiger partial charge is 0.463 e. The molecule has 2 N–H and O–H groups in total. The third kappa shape index (κ3) is 3.81. The first kappa shape index (κ1) is 21.8. The minimum absolute atomic E-state index is 0.0828. The zero-order valence-electron chi connectivity index (χ0n) is 18.1. The van der Waals surface area contributed by atoms with E-state index in [9.17, 15) is 19.8 Å². The molecule has 0 aliphatic heterocycles. The van der Waals surface area contributed by atoms with Crippen LogP contribution in [0.3, 0.4) is 0 Å². The van der Waals surface area contributed by atoms with Gasteiger partial charge in [0.2, 0.25) is 5.91 Å². The fourth-order valence-electron chi connectivity index (χ4n) is 4.19. The van der Waals surface area contributed by atoms with Gasteiger partial charge < -0.3 is 23.9 Å². The maximum absolute atomic E-state index is 12.7. The Bertz CT molecular complexity index is 1330. The van der Waals surface area contributed by atoms with E-state index in [1.165, 1.54) is 4.90 Å². The van der Waals surface area contributed by atoms with Crippen LogP contribution in [0.15, 0.2) is 56.3 Å². The molecular weight excluding hydrogens is 410 g/mol. The molecule has 7 heteroatoms. The Balaban J connectivity index is 1.87. The van der Waals surface area contributed by atoms with E-state index in [2.05, 4.69) is 0 Å². The highest BCUT2D eigenvalue weighted by atomic mass is 16.4. The summed E-state index contributed by atoms with van der Waals surface area (Å²) in [5.41, 5.74) is 4.18. The van der Waals surface area contributed by atoms with E-state index in [1.54, 1.807) is 13.2 Å². The van der Waals surface area contributed by atoms with Gasteiger partial charge in [-0.15, -0.1) is 0 Å². The minimum atomic E-state index is -0.579. The molecule has 7 nitrogen and oxygen atoms in total. The number of nitrogens with zero attached hydrogens (tertiary/aromatic N) is 1. The van der Waals surface area contributed by atoms with Crippen LogP contribution >= 0.6 is 0 Å². The molecule has 2 aromatic carbocycles. The number of rotatable bonds is 7. The molecule has 2 aromatic heterocycles. The number of aliphatic hydroxyl groups excluding tert-OH is 2. The van der Waals surface area contributed by atoms with E-state index in [-0.39, 0.29) is 44.2 Å². The summed E-state index contributed by atoms with van der Waals surface area (Å²) < 4.78 is 11.6. The van der Waals surface area contributed by atoms with Crippen LogP contribution in [0.1, 0.15) is 16.7 Å². The van der Waals surface area contributed by atoms with Crippen LogP contribution in [0.2, 0.25) is 0 Å². The predicted molar refractivity (Wildman–Crippen MR) is 122 cm³/mol. The zero-order chi connectivity index (χ0) is 22.8. The second-order valence-electron chi connectivity index (χ2n) is 7.78. The monoisotopic (exact) mass is 435 g/mol. The lowest BCUT2D eigenvalue weighted by atomic mass is 9.96. The number of fused-ring (bicyclic) bond motifs is 3. The predicted octanol–water partition coefficient (Wildman–Crippen LogP) is 3.18. The van der Waals surface area contributed by atoms with Crippen LogP contribution < -0.4 is 5.63 Å². The van der Waals surface area contributed by atoms with Crippen LogP contribution in [-0.4, -0.2) is 47.3 Å². The summed E-state index contributed by atoms with van der Waals surface area (Å²) in [7, 11) is 0. The summed E-state index contributed by atoms with van der Waals surface area (Å²) in [4.78, 5) is 26.8. The van der Waals surface area contributed by atoms with Gasteiger partial charge in [0.25, 0.3) is 0 Å². The first-order chi connectivity index (χ1) is 15.5. The number of aryl methyl sites for hydroxylation is 2. The van der Waals surface area contributed by atoms with Crippen molar-refractivity contribution in [1.29, 1.82) is 0 Å². The highest BCUT2D eigenvalue weighted by Gasteiger charge is 2.23. The molecule has 166 valence electrons. The van der Waals surface area contributed by atoms with Crippen molar-refractivity contribution >= 4 is 27.8 Å². The molecule has 4 aromatic rings. The molecule has 0 radical (unpaired) electrons. The molecule has 4 rings (SSSR count). The van der Waals surface area contributed by atoms with Crippen molar-refractivity contribution in [3.63, 3.8) is 0 Å². The van der Waals surface area contributed by atoms with Gasteiger partial charge in [0.1, 0.15) is 11.2 Å². The Kier molecular flexibility index (Phi) is 6.12. The molecule has 0 saturated carbocycles. The Labute approximate surface area is 184 Å². The molecule has 0 atom stereocenters. The zero-order valence-corrected chi connectivity index (χ0v) is 18.1. The van der Waals surface area contributed by atoms with Crippen LogP contribution in [-0.2, 0) is 11.2 Å². The number of aliphatic hydroxyl groups is 2. The van der Waals surface area contributed by atoms with Crippen LogP contribution in [0.4, 0.5) is 0 Å². The SMILES string of the molecule is Cc1cc2oc(=O)c(CC(=O)N(CCO)CCO)c(C)c2c2occ(-c3ccccc3)c12. The fourth-order valence-corrected chi connectivity index (χ4v) is 4.19. The molecule has 0 fully saturated rings. The standard InChI is InChI=1S/C25H25NO6/c1-15-12-20-23(24-22(15)19(14-31-24)17-6-4-3-5-7-17)16(2)18(25(30)32-20)13-21(29)26(8-10-27)9-11-28/h3-7,12,14,27-28H,8-11,13H2,1-2H3. The number of carbonyl (C=O) groups excluding carboxylic acids is 1. The van der Waals surface area contributed by atoms with Crippen molar-refractivity contribution in [2.75, 3.05) is 26.3 Å². The Morgan fingerprint density at radius 1 is 1.03 bits per heavy atom. The lowest BCUT2D eigenvalue weighted by Gasteiger charge is -2.21. The number of hydrogen-bond acceptors (Lipinski definition) is 6. The molecule has 0 aliphatic rings. The molecule has 2 heterocycles. The van der Waals surface area contributed by atoms with Gasteiger partial charge in [-0.1, -0.05) is 30.3 Å². The normalized spacial score (nSPS) is 11.4. The number of carbonyl (C=O) groups is 1. The number of hydrogen-bond donors (Lipinski definition) is 2. The molecular formula is C25H25NO6. The smallest absolute Gasteiger partial charge is 0.340 e. The highest BCUT2D eigenvalue weighted by molar-refractivity contribution is 6.11. The maximum Gasteiger partial charge on any atom is 0.340 e. The van der Waals surface area contributed by atoms with E-state index in [4.69, 9.17) is 8.83 Å². The third-order valence-electron chi connectivity index (χ3n) is 5.79. The minimum Gasteiger partial charge on any atom is -0.463 e. The van der Waals surface area contributed by atoms with Gasteiger partial charge in [-0.05, 0) is 36.6 Å². The van der Waals surface area contributed by atoms with Gasteiger partial charge in [-0.2, -0.15) is 0 Å². The summed E-state index contributed by atoms with van der Waals surface area (Å²) >= 11 is 0. The lowest BCUT2D eigenvalue weighted by molar-refractivity contribution is -0.131.